The Hall–Kier alpha value is -3.14. The molecule has 34 heavy (non-hydrogen) atoms. The summed E-state index contributed by atoms with van der Waals surface area (Å²) in [5.74, 6) is -2.90. The fourth-order valence-corrected chi connectivity index (χ4v) is 3.35. The molecule has 0 radical (unpaired) electrons. The van der Waals surface area contributed by atoms with E-state index < -0.39 is 48.5 Å². The second-order valence-electron chi connectivity index (χ2n) is 7.81. The van der Waals surface area contributed by atoms with E-state index in [0.717, 1.165) is 0 Å². The molecule has 0 amide bonds. The molecular weight excluding hydrogens is 448 g/mol. The van der Waals surface area contributed by atoms with Gasteiger partial charge in [-0.1, -0.05) is 32.9 Å². The third kappa shape index (κ3) is 7.72. The number of carbonyl (C=O) groups excluding carboxylic acids is 3. The molecule has 10 nitrogen and oxygen atoms in total. The molecule has 1 fully saturated rings. The minimum absolute atomic E-state index is 0.0170. The summed E-state index contributed by atoms with van der Waals surface area (Å²) in [4.78, 5) is 48.5. The van der Waals surface area contributed by atoms with Gasteiger partial charge in [0.15, 0.2) is 12.2 Å². The third-order valence-electron chi connectivity index (χ3n) is 4.92. The Balaban J connectivity index is 2.39. The number of benzene rings is 1. The largest absolute Gasteiger partial charge is 0.478 e. The van der Waals surface area contributed by atoms with E-state index in [0.29, 0.717) is 19.3 Å². The Bertz CT molecular complexity index is 852. The maximum atomic E-state index is 12.4. The molecule has 0 spiro atoms. The number of hydrogen-bond donors (Lipinski definition) is 1. The van der Waals surface area contributed by atoms with Crippen LogP contribution in [0, 0.1) is 0 Å². The van der Waals surface area contributed by atoms with Gasteiger partial charge in [-0.05, 0) is 31.4 Å². The van der Waals surface area contributed by atoms with Crippen LogP contribution in [-0.4, -0.2) is 60.2 Å². The molecule has 1 aromatic carbocycles. The monoisotopic (exact) mass is 480 g/mol. The first-order valence-corrected chi connectivity index (χ1v) is 11.5. The van der Waals surface area contributed by atoms with Gasteiger partial charge in [-0.2, -0.15) is 0 Å². The highest BCUT2D eigenvalue weighted by atomic mass is 16.7. The van der Waals surface area contributed by atoms with Gasteiger partial charge in [0, 0.05) is 19.3 Å². The SMILES string of the molecule is CCCC(=O)OC1CO[C@@H](Oc2ccccc2C(=O)O)C(OC(=O)CCC)[C@H]1OC(=O)CCC. The van der Waals surface area contributed by atoms with Crippen molar-refractivity contribution in [2.24, 2.45) is 0 Å². The van der Waals surface area contributed by atoms with Gasteiger partial charge in [0.25, 0.3) is 0 Å². The number of rotatable bonds is 12. The molecule has 1 heterocycles. The van der Waals surface area contributed by atoms with Crippen LogP contribution in [0.15, 0.2) is 24.3 Å². The molecule has 2 rings (SSSR count). The summed E-state index contributed by atoms with van der Waals surface area (Å²) in [6, 6.07) is 5.90. The second kappa shape index (κ2) is 13.5. The molecule has 188 valence electrons. The topological polar surface area (TPSA) is 135 Å². The van der Waals surface area contributed by atoms with Gasteiger partial charge in [-0.25, -0.2) is 4.79 Å². The van der Waals surface area contributed by atoms with Crippen molar-refractivity contribution in [3.63, 3.8) is 0 Å². The van der Waals surface area contributed by atoms with Crippen LogP contribution in [0.4, 0.5) is 0 Å². The summed E-state index contributed by atoms with van der Waals surface area (Å²) in [6.07, 6.45) is -2.90. The van der Waals surface area contributed by atoms with Crippen molar-refractivity contribution in [3.8, 4) is 5.75 Å². The van der Waals surface area contributed by atoms with Gasteiger partial charge < -0.3 is 28.8 Å². The van der Waals surface area contributed by atoms with E-state index in [1.165, 1.54) is 18.2 Å². The summed E-state index contributed by atoms with van der Waals surface area (Å²) in [7, 11) is 0. The lowest BCUT2D eigenvalue weighted by atomic mass is 10.0. The van der Waals surface area contributed by atoms with E-state index in [4.69, 9.17) is 23.7 Å². The quantitative estimate of drug-likeness (QED) is 0.351. The van der Waals surface area contributed by atoms with Crippen LogP contribution in [0.25, 0.3) is 0 Å². The fraction of sp³-hybridized carbons (Fsp3) is 0.583. The Morgan fingerprint density at radius 2 is 1.38 bits per heavy atom. The van der Waals surface area contributed by atoms with Crippen molar-refractivity contribution in [1.82, 2.24) is 0 Å². The van der Waals surface area contributed by atoms with Crippen molar-refractivity contribution >= 4 is 23.9 Å². The van der Waals surface area contributed by atoms with Crippen LogP contribution in [0.3, 0.4) is 0 Å². The van der Waals surface area contributed by atoms with Crippen LogP contribution in [0.2, 0.25) is 0 Å². The minimum Gasteiger partial charge on any atom is -0.478 e. The van der Waals surface area contributed by atoms with E-state index in [1.54, 1.807) is 19.9 Å². The summed E-state index contributed by atoms with van der Waals surface area (Å²) in [6.45, 7) is 5.21. The molecular formula is C24H32O10. The fourth-order valence-electron chi connectivity index (χ4n) is 3.35. The van der Waals surface area contributed by atoms with Crippen molar-refractivity contribution in [1.29, 1.82) is 0 Å². The summed E-state index contributed by atoms with van der Waals surface area (Å²) >= 11 is 0. The number of hydrogen-bond acceptors (Lipinski definition) is 9. The van der Waals surface area contributed by atoms with Gasteiger partial charge in [0.2, 0.25) is 12.4 Å². The molecule has 10 heteroatoms. The molecule has 0 aliphatic carbocycles. The lowest BCUT2D eigenvalue weighted by Crippen LogP contribution is -2.59. The Labute approximate surface area is 198 Å². The molecule has 4 atom stereocenters. The molecule has 1 N–H and O–H groups in total. The van der Waals surface area contributed by atoms with Crippen molar-refractivity contribution in [3.05, 3.63) is 29.8 Å². The number of carbonyl (C=O) groups is 4. The number of esters is 3. The predicted octanol–water partition coefficient (Wildman–Crippen LogP) is 3.26. The lowest BCUT2D eigenvalue weighted by molar-refractivity contribution is -0.261. The number of aromatic carboxylic acids is 1. The zero-order valence-corrected chi connectivity index (χ0v) is 19.7. The van der Waals surface area contributed by atoms with Gasteiger partial charge in [0.1, 0.15) is 11.3 Å². The van der Waals surface area contributed by atoms with Crippen LogP contribution in [-0.2, 0) is 33.3 Å². The van der Waals surface area contributed by atoms with E-state index in [9.17, 15) is 24.3 Å². The summed E-state index contributed by atoms with van der Waals surface area (Å²) < 4.78 is 28.2. The number of carboxylic acid groups (broad SMARTS) is 1. The molecule has 1 aromatic rings. The van der Waals surface area contributed by atoms with Gasteiger partial charge in [-0.3, -0.25) is 14.4 Å². The molecule has 2 unspecified atom stereocenters. The Kier molecular flexibility index (Phi) is 10.8. The van der Waals surface area contributed by atoms with Crippen LogP contribution >= 0.6 is 0 Å². The zero-order valence-electron chi connectivity index (χ0n) is 19.7. The zero-order chi connectivity index (χ0) is 25.1. The maximum absolute atomic E-state index is 12.4. The van der Waals surface area contributed by atoms with E-state index >= 15 is 0 Å². The van der Waals surface area contributed by atoms with Crippen LogP contribution in [0.1, 0.15) is 69.7 Å². The first-order valence-electron chi connectivity index (χ1n) is 11.5. The number of ether oxygens (including phenoxy) is 5. The first kappa shape index (κ1) is 27.1. The molecule has 0 aromatic heterocycles. The van der Waals surface area contributed by atoms with Crippen LogP contribution in [0.5, 0.6) is 5.75 Å². The highest BCUT2D eigenvalue weighted by Crippen LogP contribution is 2.29. The van der Waals surface area contributed by atoms with E-state index in [2.05, 4.69) is 0 Å². The maximum Gasteiger partial charge on any atom is 0.339 e. The summed E-state index contributed by atoms with van der Waals surface area (Å²) in [5.41, 5.74) is -0.124. The minimum atomic E-state index is -1.30. The Morgan fingerprint density at radius 1 is 0.853 bits per heavy atom. The van der Waals surface area contributed by atoms with Crippen LogP contribution < -0.4 is 4.74 Å². The first-order chi connectivity index (χ1) is 16.3. The lowest BCUT2D eigenvalue weighted by Gasteiger charge is -2.40. The molecule has 0 saturated carbocycles. The van der Waals surface area contributed by atoms with E-state index in [-0.39, 0.29) is 37.2 Å². The highest BCUT2D eigenvalue weighted by Gasteiger charge is 2.49. The smallest absolute Gasteiger partial charge is 0.339 e. The van der Waals surface area contributed by atoms with E-state index in [1.807, 2.05) is 6.92 Å². The molecule has 1 saturated heterocycles. The average molecular weight is 481 g/mol. The second-order valence-corrected chi connectivity index (χ2v) is 7.81. The van der Waals surface area contributed by atoms with Crippen molar-refractivity contribution < 1.29 is 48.0 Å². The predicted molar refractivity (Wildman–Crippen MR) is 118 cm³/mol. The van der Waals surface area contributed by atoms with Crippen molar-refractivity contribution in [2.45, 2.75) is 83.9 Å². The Morgan fingerprint density at radius 3 is 1.94 bits per heavy atom. The summed E-state index contributed by atoms with van der Waals surface area (Å²) in [5, 5.41) is 9.47. The number of carboxylic acids is 1. The van der Waals surface area contributed by atoms with Gasteiger partial charge in [0.05, 0.1) is 6.61 Å². The van der Waals surface area contributed by atoms with Crippen molar-refractivity contribution in [2.75, 3.05) is 6.61 Å². The standard InChI is InChI=1S/C24H32O10/c1-4-9-18(25)31-17-14-30-24(32-16-13-8-7-12-15(16)23(28)29)22(34-20(27)11-6-3)21(17)33-19(26)10-5-2/h7-8,12-13,17,21-22,24H,4-6,9-11,14H2,1-3H3,(H,28,29)/t17?,21-,22?,24-/m0/s1. The number of para-hydroxylation sites is 1. The third-order valence-corrected chi connectivity index (χ3v) is 4.92. The normalized spacial score (nSPS) is 21.9. The van der Waals surface area contributed by atoms with Gasteiger partial charge in [-0.15, -0.1) is 0 Å². The average Bonchev–Trinajstić information content (AvgIpc) is 2.78. The van der Waals surface area contributed by atoms with Gasteiger partial charge >= 0.3 is 23.9 Å². The molecule has 0 bridgehead atoms. The molecule has 1 aliphatic heterocycles. The molecule has 1 aliphatic rings. The highest BCUT2D eigenvalue weighted by molar-refractivity contribution is 5.90.